The van der Waals surface area contributed by atoms with Crippen LogP contribution in [0.5, 0.6) is 0 Å². The minimum atomic E-state index is 0.527. The summed E-state index contributed by atoms with van der Waals surface area (Å²) in [6.45, 7) is 3.44. The topological polar surface area (TPSA) is 0 Å². The van der Waals surface area contributed by atoms with Crippen LogP contribution in [0.2, 0.25) is 0 Å². The zero-order chi connectivity index (χ0) is 5.70. The molecule has 0 amide bonds. The molecular formula is C5H9Br. The lowest BCUT2D eigenvalue weighted by molar-refractivity contribution is 0.982. The first-order chi connectivity index (χ1) is 3.27. The van der Waals surface area contributed by atoms with E-state index in [1.165, 1.54) is 0 Å². The highest BCUT2D eigenvalue weighted by atomic mass is 79.9. The Kier molecular flexibility index (Phi) is 3.81. The average molecular weight is 150 g/mol. The maximum Gasteiger partial charge on any atom is 0.0570 e. The molecule has 36 valence electrons. The second kappa shape index (κ2) is 5.22. The second-order valence-corrected chi connectivity index (χ2v) is 1.84. The Bertz CT molecular complexity index is 61.1. The number of alkyl halides is 1. The van der Waals surface area contributed by atoms with Gasteiger partial charge in [-0.05, 0) is 12.8 Å². The fourth-order valence-electron chi connectivity index (χ4n) is 0.192. The smallest absolute Gasteiger partial charge is 0.0570 e. The van der Waals surface area contributed by atoms with Crippen LogP contribution < -0.4 is 0 Å². The molecule has 0 radical (unpaired) electrons. The summed E-state index contributed by atoms with van der Waals surface area (Å²) in [5, 5.41) is 0.977. The summed E-state index contributed by atoms with van der Waals surface area (Å²) in [5.41, 5.74) is 0. The van der Waals surface area contributed by atoms with Crippen LogP contribution in [0.1, 0.15) is 14.2 Å². The molecule has 0 aromatic rings. The molecule has 0 aliphatic carbocycles. The van der Waals surface area contributed by atoms with Crippen molar-refractivity contribution in [1.29, 1.82) is 0 Å². The van der Waals surface area contributed by atoms with Crippen LogP contribution in [0.4, 0.5) is 0 Å². The van der Waals surface area contributed by atoms with Gasteiger partial charge in [0.15, 0.2) is 0 Å². The molecule has 0 saturated carbocycles. The van der Waals surface area contributed by atoms with E-state index in [0.29, 0.717) is 6.05 Å². The normalized spacial score (nSPS) is 10.5. The van der Waals surface area contributed by atoms with Gasteiger partial charge in [-0.15, -0.1) is 6.58 Å². The number of hydrogen-bond donors (Lipinski definition) is 0. The Labute approximate surface area is 48.8 Å². The molecule has 0 saturated heterocycles. The zero-order valence-corrected chi connectivity index (χ0v) is 5.29. The summed E-state index contributed by atoms with van der Waals surface area (Å²) in [6, 6.07) is 0.527. The maximum absolute atomic E-state index is 6.87. The van der Waals surface area contributed by atoms with Gasteiger partial charge in [0, 0.05) is 5.33 Å². The predicted octanol–water partition coefficient (Wildman–Crippen LogP) is 2.35. The van der Waals surface area contributed by atoms with Crippen molar-refractivity contribution < 1.29 is 1.37 Å². The van der Waals surface area contributed by atoms with Crippen molar-refractivity contribution in [2.75, 3.05) is 5.33 Å². The van der Waals surface area contributed by atoms with E-state index in [9.17, 15) is 0 Å². The molecule has 0 bridgehead atoms. The summed E-state index contributed by atoms with van der Waals surface area (Å²) in [7, 11) is 0. The Morgan fingerprint density at radius 2 is 2.67 bits per heavy atom. The van der Waals surface area contributed by atoms with Gasteiger partial charge in [-0.2, -0.15) is 0 Å². The van der Waals surface area contributed by atoms with Gasteiger partial charge < -0.3 is 0 Å². The lowest BCUT2D eigenvalue weighted by Gasteiger charge is -1.80. The molecule has 0 atom stereocenters. The highest BCUT2D eigenvalue weighted by Crippen LogP contribution is 1.91. The van der Waals surface area contributed by atoms with Crippen LogP contribution in [0.15, 0.2) is 12.6 Å². The van der Waals surface area contributed by atoms with Crippen molar-refractivity contribution in [2.45, 2.75) is 12.8 Å². The van der Waals surface area contributed by atoms with Gasteiger partial charge in [-0.3, -0.25) is 0 Å². The first-order valence-electron chi connectivity index (χ1n) is 2.47. The van der Waals surface area contributed by atoms with Gasteiger partial charge in [0.25, 0.3) is 0 Å². The largest absolute Gasteiger partial charge is 0.103 e. The minimum absolute atomic E-state index is 0.527. The van der Waals surface area contributed by atoms with Gasteiger partial charge in [0.05, 0.1) is 1.37 Å². The van der Waals surface area contributed by atoms with E-state index < -0.39 is 0 Å². The number of halogens is 1. The van der Waals surface area contributed by atoms with Gasteiger partial charge in [-0.25, -0.2) is 0 Å². The van der Waals surface area contributed by atoms with Gasteiger partial charge in [0.1, 0.15) is 0 Å². The van der Waals surface area contributed by atoms with E-state index in [2.05, 4.69) is 22.5 Å². The molecule has 1 heteroatoms. The third-order valence-corrected chi connectivity index (χ3v) is 1.05. The molecule has 0 rings (SSSR count). The fraction of sp³-hybridized carbons (Fsp3) is 0.600. The Hall–Kier alpha value is 0.220. The highest BCUT2D eigenvalue weighted by molar-refractivity contribution is 9.09. The lowest BCUT2D eigenvalue weighted by Crippen LogP contribution is -1.66. The van der Waals surface area contributed by atoms with E-state index >= 15 is 0 Å². The molecule has 0 aromatic carbocycles. The Morgan fingerprint density at radius 3 is 2.83 bits per heavy atom. The minimum Gasteiger partial charge on any atom is -0.103 e. The van der Waals surface area contributed by atoms with Gasteiger partial charge in [-0.1, -0.05) is 22.0 Å². The lowest BCUT2D eigenvalue weighted by atomic mass is 10.3. The molecule has 6 heavy (non-hydrogen) atoms. The third kappa shape index (κ3) is 4.22. The first-order valence-corrected chi connectivity index (χ1v) is 3.10. The van der Waals surface area contributed by atoms with Crippen molar-refractivity contribution in [3.05, 3.63) is 12.6 Å². The third-order valence-electron chi connectivity index (χ3n) is 0.487. The molecule has 0 aliphatic rings. The summed E-state index contributed by atoms with van der Waals surface area (Å²) in [6.07, 6.45) is 1.85. The van der Waals surface area contributed by atoms with E-state index in [1.807, 2.05) is 0 Å². The summed E-state index contributed by atoms with van der Waals surface area (Å²) in [5.74, 6) is 0. The zero-order valence-electron chi connectivity index (χ0n) is 4.71. The first kappa shape index (κ1) is 4.38. The van der Waals surface area contributed by atoms with Crippen LogP contribution in [0, 0.1) is 0 Å². The van der Waals surface area contributed by atoms with E-state index in [1.54, 1.807) is 0 Å². The SMILES string of the molecule is [2H]C(=C)CCCBr. The van der Waals surface area contributed by atoms with E-state index in [0.717, 1.165) is 18.2 Å². The van der Waals surface area contributed by atoms with Crippen LogP contribution in [-0.4, -0.2) is 5.33 Å². The molecule has 0 unspecified atom stereocenters. The summed E-state index contributed by atoms with van der Waals surface area (Å²) >= 11 is 3.25. The molecule has 0 N–H and O–H groups in total. The van der Waals surface area contributed by atoms with Gasteiger partial charge in [0.2, 0.25) is 0 Å². The monoisotopic (exact) mass is 149 g/mol. The Morgan fingerprint density at radius 1 is 2.00 bits per heavy atom. The summed E-state index contributed by atoms with van der Waals surface area (Å²) in [4.78, 5) is 0. The van der Waals surface area contributed by atoms with Crippen molar-refractivity contribution >= 4 is 15.9 Å². The second-order valence-electron chi connectivity index (χ2n) is 1.04. The molecule has 0 spiro atoms. The van der Waals surface area contributed by atoms with E-state index in [4.69, 9.17) is 1.37 Å². The van der Waals surface area contributed by atoms with Crippen LogP contribution in [0.25, 0.3) is 0 Å². The van der Waals surface area contributed by atoms with Crippen molar-refractivity contribution in [2.24, 2.45) is 0 Å². The molecule has 0 aromatic heterocycles. The quantitative estimate of drug-likeness (QED) is 0.427. The number of allylic oxidation sites excluding steroid dienone is 1. The molecular weight excluding hydrogens is 140 g/mol. The summed E-state index contributed by atoms with van der Waals surface area (Å²) < 4.78 is 6.87. The molecule has 0 fully saturated rings. The Balaban J connectivity index is 2.82. The fourth-order valence-corrected chi connectivity index (χ4v) is 0.472. The van der Waals surface area contributed by atoms with Crippen molar-refractivity contribution in [3.8, 4) is 0 Å². The maximum atomic E-state index is 6.87. The molecule has 0 aliphatic heterocycles. The van der Waals surface area contributed by atoms with Crippen LogP contribution >= 0.6 is 15.9 Å². The highest BCUT2D eigenvalue weighted by Gasteiger charge is 1.72. The van der Waals surface area contributed by atoms with Crippen molar-refractivity contribution in [1.82, 2.24) is 0 Å². The standard InChI is InChI=1S/C5H9Br/c1-2-3-4-5-6/h2H,1,3-5H2/i2D. The predicted molar refractivity (Wildman–Crippen MR) is 33.2 cm³/mol. The average Bonchev–Trinajstić information content (AvgIpc) is 1.61. The van der Waals surface area contributed by atoms with Crippen LogP contribution in [0.3, 0.4) is 0 Å². The van der Waals surface area contributed by atoms with Gasteiger partial charge >= 0.3 is 0 Å². The van der Waals surface area contributed by atoms with E-state index in [-0.39, 0.29) is 0 Å². The number of rotatable bonds is 3. The van der Waals surface area contributed by atoms with Crippen molar-refractivity contribution in [3.63, 3.8) is 0 Å². The molecule has 0 heterocycles. The number of hydrogen-bond acceptors (Lipinski definition) is 0. The molecule has 0 nitrogen and oxygen atoms in total. The van der Waals surface area contributed by atoms with Crippen LogP contribution in [-0.2, 0) is 0 Å².